The number of nitrogens with one attached hydrogen (secondary N) is 1. The lowest BCUT2D eigenvalue weighted by Gasteiger charge is -2.38. The van der Waals surface area contributed by atoms with Gasteiger partial charge in [-0.05, 0) is 24.1 Å². The van der Waals surface area contributed by atoms with Gasteiger partial charge in [-0.3, -0.25) is 19.1 Å². The maximum Gasteiger partial charge on any atom is 0.269 e. The second-order valence-corrected chi connectivity index (χ2v) is 7.80. The minimum atomic E-state index is -0.305. The molecule has 30 heavy (non-hydrogen) atoms. The van der Waals surface area contributed by atoms with E-state index in [9.17, 15) is 14.7 Å². The summed E-state index contributed by atoms with van der Waals surface area (Å²) in [6.07, 6.45) is 2.00. The SMILES string of the molecule is O=C(Cn1c(=O)cnc2ccccc21)NC1CCN(Cc2ccccc2)CC1CO. The molecule has 0 radical (unpaired) electrons. The van der Waals surface area contributed by atoms with Crippen LogP contribution in [-0.4, -0.2) is 51.2 Å². The highest BCUT2D eigenvalue weighted by Crippen LogP contribution is 2.19. The summed E-state index contributed by atoms with van der Waals surface area (Å²) in [6.45, 7) is 2.33. The van der Waals surface area contributed by atoms with E-state index in [4.69, 9.17) is 0 Å². The predicted molar refractivity (Wildman–Crippen MR) is 115 cm³/mol. The quantitative estimate of drug-likeness (QED) is 0.646. The molecule has 2 aromatic carbocycles. The molecule has 1 aromatic heterocycles. The van der Waals surface area contributed by atoms with E-state index in [0.717, 1.165) is 19.5 Å². The van der Waals surface area contributed by atoms with Crippen molar-refractivity contribution in [2.24, 2.45) is 5.92 Å². The van der Waals surface area contributed by atoms with E-state index in [2.05, 4.69) is 27.3 Å². The van der Waals surface area contributed by atoms with Crippen LogP contribution in [0, 0.1) is 5.92 Å². The summed E-state index contributed by atoms with van der Waals surface area (Å²) < 4.78 is 1.44. The summed E-state index contributed by atoms with van der Waals surface area (Å²) in [7, 11) is 0. The molecule has 156 valence electrons. The molecule has 0 bridgehead atoms. The number of amides is 1. The molecular formula is C23H26N4O3. The van der Waals surface area contributed by atoms with Gasteiger partial charge in [-0.15, -0.1) is 0 Å². The van der Waals surface area contributed by atoms with Crippen molar-refractivity contribution in [3.63, 3.8) is 0 Å². The number of hydrogen-bond donors (Lipinski definition) is 2. The fourth-order valence-electron chi connectivity index (χ4n) is 4.14. The Morgan fingerprint density at radius 2 is 1.90 bits per heavy atom. The molecule has 0 spiro atoms. The summed E-state index contributed by atoms with van der Waals surface area (Å²) in [6, 6.07) is 17.4. The summed E-state index contributed by atoms with van der Waals surface area (Å²) in [5.41, 5.74) is 2.24. The van der Waals surface area contributed by atoms with Crippen molar-refractivity contribution in [3.8, 4) is 0 Å². The molecule has 1 amide bonds. The molecule has 7 nitrogen and oxygen atoms in total. The summed E-state index contributed by atoms with van der Waals surface area (Å²) in [5.74, 6) is -0.272. The zero-order valence-electron chi connectivity index (χ0n) is 16.8. The van der Waals surface area contributed by atoms with Gasteiger partial charge in [-0.1, -0.05) is 42.5 Å². The number of rotatable bonds is 6. The van der Waals surface area contributed by atoms with Crippen molar-refractivity contribution >= 4 is 16.9 Å². The average molecular weight is 406 g/mol. The van der Waals surface area contributed by atoms with Gasteiger partial charge >= 0.3 is 0 Å². The highest BCUT2D eigenvalue weighted by atomic mass is 16.3. The van der Waals surface area contributed by atoms with Gasteiger partial charge in [0.1, 0.15) is 6.54 Å². The number of carbonyl (C=O) groups excluding carboxylic acids is 1. The first kappa shape index (κ1) is 20.3. The molecule has 1 aliphatic heterocycles. The van der Waals surface area contributed by atoms with Gasteiger partial charge in [-0.25, -0.2) is 4.98 Å². The number of aliphatic hydroxyl groups is 1. The van der Waals surface area contributed by atoms with Gasteiger partial charge in [0.15, 0.2) is 0 Å². The van der Waals surface area contributed by atoms with E-state index < -0.39 is 0 Å². The van der Waals surface area contributed by atoms with Crippen LogP contribution in [0.5, 0.6) is 0 Å². The molecule has 1 aliphatic rings. The van der Waals surface area contributed by atoms with Crippen molar-refractivity contribution in [2.45, 2.75) is 25.6 Å². The van der Waals surface area contributed by atoms with Crippen LogP contribution >= 0.6 is 0 Å². The van der Waals surface area contributed by atoms with Gasteiger partial charge in [-0.2, -0.15) is 0 Å². The molecule has 2 N–H and O–H groups in total. The zero-order valence-corrected chi connectivity index (χ0v) is 16.8. The molecule has 3 aromatic rings. The molecule has 2 atom stereocenters. The van der Waals surface area contributed by atoms with Gasteiger partial charge in [0.05, 0.1) is 17.2 Å². The number of para-hydroxylation sites is 2. The Kier molecular flexibility index (Phi) is 6.21. The van der Waals surface area contributed by atoms with E-state index in [1.54, 1.807) is 6.07 Å². The Bertz CT molecular complexity index is 1070. The lowest BCUT2D eigenvalue weighted by atomic mass is 9.92. The van der Waals surface area contributed by atoms with Crippen LogP contribution < -0.4 is 10.9 Å². The van der Waals surface area contributed by atoms with Gasteiger partial charge in [0.2, 0.25) is 5.91 Å². The lowest BCUT2D eigenvalue weighted by Crippen LogP contribution is -2.52. The topological polar surface area (TPSA) is 87.5 Å². The molecule has 4 rings (SSSR count). The molecule has 1 fully saturated rings. The minimum absolute atomic E-state index is 0.00831. The van der Waals surface area contributed by atoms with Gasteiger partial charge in [0.25, 0.3) is 5.56 Å². The van der Waals surface area contributed by atoms with Gasteiger partial charge in [0, 0.05) is 38.2 Å². The summed E-state index contributed by atoms with van der Waals surface area (Å²) in [5, 5.41) is 12.9. The molecular weight excluding hydrogens is 380 g/mol. The Morgan fingerprint density at radius 3 is 2.70 bits per heavy atom. The van der Waals surface area contributed by atoms with Crippen LogP contribution in [0.4, 0.5) is 0 Å². The molecule has 0 aliphatic carbocycles. The van der Waals surface area contributed by atoms with Crippen molar-refractivity contribution in [3.05, 3.63) is 76.7 Å². The number of aromatic nitrogens is 2. The second kappa shape index (κ2) is 9.19. The largest absolute Gasteiger partial charge is 0.396 e. The minimum Gasteiger partial charge on any atom is -0.396 e. The number of benzene rings is 2. The maximum absolute atomic E-state index is 12.7. The van der Waals surface area contributed by atoms with E-state index in [1.165, 1.54) is 16.3 Å². The number of fused-ring (bicyclic) bond motifs is 1. The zero-order chi connectivity index (χ0) is 20.9. The first-order valence-electron chi connectivity index (χ1n) is 10.2. The number of piperidine rings is 1. The Labute approximate surface area is 175 Å². The number of carbonyl (C=O) groups is 1. The van der Waals surface area contributed by atoms with Crippen molar-refractivity contribution < 1.29 is 9.90 Å². The maximum atomic E-state index is 12.7. The third-order valence-electron chi connectivity index (χ3n) is 5.70. The first-order chi connectivity index (χ1) is 14.6. The monoisotopic (exact) mass is 406 g/mol. The third-order valence-corrected chi connectivity index (χ3v) is 5.70. The standard InChI is InChI=1S/C23H26N4O3/c28-16-18-14-26(13-17-6-2-1-3-7-17)11-10-19(18)25-22(29)15-27-21-9-5-4-8-20(21)24-12-23(27)30/h1-9,12,18-19,28H,10-11,13-16H2,(H,25,29). The first-order valence-corrected chi connectivity index (χ1v) is 10.2. The predicted octanol–water partition coefficient (Wildman–Crippen LogP) is 1.40. The lowest BCUT2D eigenvalue weighted by molar-refractivity contribution is -0.123. The molecule has 2 unspecified atom stereocenters. The van der Waals surface area contributed by atoms with E-state index >= 15 is 0 Å². The molecule has 0 saturated carbocycles. The number of hydrogen-bond acceptors (Lipinski definition) is 5. The third kappa shape index (κ3) is 4.58. The Morgan fingerprint density at radius 1 is 1.13 bits per heavy atom. The molecule has 1 saturated heterocycles. The van der Waals surface area contributed by atoms with Crippen molar-refractivity contribution in [2.75, 3.05) is 19.7 Å². The Balaban J connectivity index is 1.40. The fourth-order valence-corrected chi connectivity index (χ4v) is 4.14. The van der Waals surface area contributed by atoms with Crippen molar-refractivity contribution in [1.82, 2.24) is 19.8 Å². The number of likely N-dealkylation sites (tertiary alicyclic amines) is 1. The van der Waals surface area contributed by atoms with Crippen LogP contribution in [0.1, 0.15) is 12.0 Å². The normalized spacial score (nSPS) is 19.6. The van der Waals surface area contributed by atoms with E-state index in [1.807, 2.05) is 36.4 Å². The molecule has 7 heteroatoms. The highest BCUT2D eigenvalue weighted by molar-refractivity contribution is 5.80. The average Bonchev–Trinajstić information content (AvgIpc) is 2.77. The van der Waals surface area contributed by atoms with E-state index in [-0.39, 0.29) is 36.6 Å². The fraction of sp³-hybridized carbons (Fsp3) is 0.348. The van der Waals surface area contributed by atoms with Crippen LogP contribution in [0.15, 0.2) is 65.6 Å². The number of aliphatic hydroxyl groups excluding tert-OH is 1. The van der Waals surface area contributed by atoms with Crippen LogP contribution in [-0.2, 0) is 17.9 Å². The highest BCUT2D eigenvalue weighted by Gasteiger charge is 2.30. The van der Waals surface area contributed by atoms with Crippen LogP contribution in [0.25, 0.3) is 11.0 Å². The molecule has 2 heterocycles. The number of nitrogens with zero attached hydrogens (tertiary/aromatic N) is 3. The second-order valence-electron chi connectivity index (χ2n) is 7.80. The van der Waals surface area contributed by atoms with Gasteiger partial charge < -0.3 is 10.4 Å². The van der Waals surface area contributed by atoms with Crippen LogP contribution in [0.2, 0.25) is 0 Å². The summed E-state index contributed by atoms with van der Waals surface area (Å²) in [4.78, 5) is 31.4. The van der Waals surface area contributed by atoms with E-state index in [0.29, 0.717) is 17.6 Å². The Hall–Kier alpha value is -3.03. The summed E-state index contributed by atoms with van der Waals surface area (Å²) >= 11 is 0. The van der Waals surface area contributed by atoms with Crippen LogP contribution in [0.3, 0.4) is 0 Å². The smallest absolute Gasteiger partial charge is 0.269 e. The van der Waals surface area contributed by atoms with Crippen molar-refractivity contribution in [1.29, 1.82) is 0 Å².